The number of nitrogens with zero attached hydrogens (tertiary/aromatic N) is 2. The first-order valence-electron chi connectivity index (χ1n) is 5.57. The van der Waals surface area contributed by atoms with Crippen molar-refractivity contribution in [1.82, 2.24) is 9.55 Å². The molecule has 0 aliphatic carbocycles. The van der Waals surface area contributed by atoms with Crippen molar-refractivity contribution in [3.63, 3.8) is 0 Å². The molecule has 3 nitrogen and oxygen atoms in total. The highest BCUT2D eigenvalue weighted by Crippen LogP contribution is 2.30. The fraction of sp³-hybridized carbons (Fsp3) is 0.0714. The molecule has 3 rings (SSSR count). The van der Waals surface area contributed by atoms with E-state index in [9.17, 15) is 5.11 Å². The summed E-state index contributed by atoms with van der Waals surface area (Å²) in [5, 5.41) is 10.5. The van der Waals surface area contributed by atoms with Crippen LogP contribution >= 0.6 is 11.6 Å². The zero-order chi connectivity index (χ0) is 12.7. The molecule has 2 aromatic carbocycles. The van der Waals surface area contributed by atoms with E-state index < -0.39 is 0 Å². The maximum atomic E-state index is 9.89. The Bertz CT molecular complexity index is 734. The molecule has 0 fully saturated rings. The highest BCUT2D eigenvalue weighted by molar-refractivity contribution is 6.31. The summed E-state index contributed by atoms with van der Waals surface area (Å²) < 4.78 is 1.95. The molecule has 0 radical (unpaired) electrons. The van der Waals surface area contributed by atoms with Gasteiger partial charge in [-0.05, 0) is 30.3 Å². The number of phenols is 1. The summed E-state index contributed by atoms with van der Waals surface area (Å²) in [6, 6.07) is 12.7. The Kier molecular flexibility index (Phi) is 2.49. The maximum absolute atomic E-state index is 9.89. The van der Waals surface area contributed by atoms with E-state index in [0.29, 0.717) is 10.6 Å². The Morgan fingerprint density at radius 3 is 2.72 bits per heavy atom. The average Bonchev–Trinajstić information content (AvgIpc) is 2.67. The van der Waals surface area contributed by atoms with Crippen molar-refractivity contribution >= 4 is 22.6 Å². The van der Waals surface area contributed by atoms with Gasteiger partial charge in [0, 0.05) is 12.1 Å². The van der Waals surface area contributed by atoms with Gasteiger partial charge in [0.2, 0.25) is 0 Å². The summed E-state index contributed by atoms with van der Waals surface area (Å²) in [4.78, 5) is 4.52. The third-order valence-electron chi connectivity index (χ3n) is 2.99. The third-order valence-corrected chi connectivity index (χ3v) is 3.22. The van der Waals surface area contributed by atoms with Gasteiger partial charge in [-0.2, -0.15) is 0 Å². The van der Waals surface area contributed by atoms with Gasteiger partial charge in [0.15, 0.2) is 0 Å². The first kappa shape index (κ1) is 11.1. The van der Waals surface area contributed by atoms with Gasteiger partial charge in [-0.1, -0.05) is 23.7 Å². The largest absolute Gasteiger partial charge is 0.507 e. The van der Waals surface area contributed by atoms with E-state index in [1.807, 2.05) is 41.9 Å². The Balaban J connectivity index is 2.31. The molecule has 0 unspecified atom stereocenters. The van der Waals surface area contributed by atoms with Gasteiger partial charge in [-0.15, -0.1) is 0 Å². The van der Waals surface area contributed by atoms with Crippen LogP contribution < -0.4 is 0 Å². The highest BCUT2D eigenvalue weighted by Gasteiger charge is 2.12. The molecule has 0 atom stereocenters. The van der Waals surface area contributed by atoms with E-state index in [-0.39, 0.29) is 5.75 Å². The Hall–Kier alpha value is -2.00. The molecule has 90 valence electrons. The van der Waals surface area contributed by atoms with E-state index in [1.54, 1.807) is 12.1 Å². The van der Waals surface area contributed by atoms with E-state index in [0.717, 1.165) is 16.9 Å². The van der Waals surface area contributed by atoms with E-state index in [1.165, 1.54) is 0 Å². The zero-order valence-electron chi connectivity index (χ0n) is 9.76. The fourth-order valence-electron chi connectivity index (χ4n) is 2.08. The van der Waals surface area contributed by atoms with Crippen LogP contribution in [0, 0.1) is 0 Å². The molecule has 0 amide bonds. The number of fused-ring (bicyclic) bond motifs is 1. The second-order valence-electron chi connectivity index (χ2n) is 4.14. The molecule has 1 heterocycles. The zero-order valence-corrected chi connectivity index (χ0v) is 10.5. The molecular formula is C14H11ClN2O. The number of para-hydroxylation sites is 1. The lowest BCUT2D eigenvalue weighted by molar-refractivity contribution is 0.476. The molecule has 1 N–H and O–H groups in total. The topological polar surface area (TPSA) is 38.0 Å². The number of imidazole rings is 1. The molecule has 1 aromatic heterocycles. The van der Waals surface area contributed by atoms with Crippen LogP contribution in [-0.2, 0) is 7.05 Å². The number of aromatic nitrogens is 2. The molecule has 3 aromatic rings. The van der Waals surface area contributed by atoms with Gasteiger partial charge in [0.05, 0.1) is 16.6 Å². The van der Waals surface area contributed by atoms with Crippen LogP contribution in [0.1, 0.15) is 0 Å². The smallest absolute Gasteiger partial charge is 0.144 e. The molecule has 0 saturated heterocycles. The van der Waals surface area contributed by atoms with Crippen LogP contribution in [0.25, 0.3) is 22.4 Å². The third kappa shape index (κ3) is 1.64. The normalized spacial score (nSPS) is 11.0. The fourth-order valence-corrected chi connectivity index (χ4v) is 2.24. The minimum atomic E-state index is 0.224. The highest BCUT2D eigenvalue weighted by atomic mass is 35.5. The van der Waals surface area contributed by atoms with Crippen LogP contribution in [0.3, 0.4) is 0 Å². The molecule has 0 aliphatic heterocycles. The molecule has 18 heavy (non-hydrogen) atoms. The molecule has 4 heteroatoms. The quantitative estimate of drug-likeness (QED) is 0.724. The standard InChI is InChI=1S/C14H11ClN2O/c1-17-12-7-6-9(15)8-11(12)16-14(17)10-4-2-3-5-13(10)18/h2-8,18H,1H3. The summed E-state index contributed by atoms with van der Waals surface area (Å²) in [5.41, 5.74) is 2.52. The maximum Gasteiger partial charge on any atom is 0.144 e. The summed E-state index contributed by atoms with van der Waals surface area (Å²) in [5.74, 6) is 0.951. The second kappa shape index (κ2) is 4.03. The summed E-state index contributed by atoms with van der Waals surface area (Å²) >= 11 is 5.96. The lowest BCUT2D eigenvalue weighted by Gasteiger charge is -2.04. The lowest BCUT2D eigenvalue weighted by Crippen LogP contribution is -1.92. The SMILES string of the molecule is Cn1c(-c2ccccc2O)nc2cc(Cl)ccc21. The van der Waals surface area contributed by atoms with E-state index in [4.69, 9.17) is 11.6 Å². The molecular weight excluding hydrogens is 248 g/mol. The van der Waals surface area contributed by atoms with Gasteiger partial charge in [-0.3, -0.25) is 0 Å². The Morgan fingerprint density at radius 2 is 1.94 bits per heavy atom. The number of hydrogen-bond acceptors (Lipinski definition) is 2. The van der Waals surface area contributed by atoms with Crippen LogP contribution in [-0.4, -0.2) is 14.7 Å². The lowest BCUT2D eigenvalue weighted by atomic mass is 10.2. The van der Waals surface area contributed by atoms with E-state index in [2.05, 4.69) is 4.98 Å². The van der Waals surface area contributed by atoms with Crippen molar-refractivity contribution in [2.45, 2.75) is 0 Å². The number of hydrogen-bond donors (Lipinski definition) is 1. The van der Waals surface area contributed by atoms with Gasteiger partial charge in [-0.25, -0.2) is 4.98 Å². The first-order valence-corrected chi connectivity index (χ1v) is 5.95. The number of aryl methyl sites for hydroxylation is 1. The van der Waals surface area contributed by atoms with Crippen molar-refractivity contribution in [2.24, 2.45) is 7.05 Å². The van der Waals surface area contributed by atoms with Gasteiger partial charge >= 0.3 is 0 Å². The minimum Gasteiger partial charge on any atom is -0.507 e. The average molecular weight is 259 g/mol. The number of phenolic OH excluding ortho intramolecular Hbond substituents is 1. The van der Waals surface area contributed by atoms with Crippen LogP contribution in [0.4, 0.5) is 0 Å². The second-order valence-corrected chi connectivity index (χ2v) is 4.58. The Morgan fingerprint density at radius 1 is 1.17 bits per heavy atom. The predicted octanol–water partition coefficient (Wildman–Crippen LogP) is 3.60. The van der Waals surface area contributed by atoms with Gasteiger partial charge < -0.3 is 9.67 Å². The molecule has 0 aliphatic rings. The van der Waals surface area contributed by atoms with Crippen molar-refractivity contribution in [3.8, 4) is 17.1 Å². The summed E-state index contributed by atoms with van der Waals surface area (Å²) in [6.45, 7) is 0. The van der Waals surface area contributed by atoms with Crippen LogP contribution in [0.15, 0.2) is 42.5 Å². The predicted molar refractivity (Wildman–Crippen MR) is 72.8 cm³/mol. The van der Waals surface area contributed by atoms with E-state index >= 15 is 0 Å². The minimum absolute atomic E-state index is 0.224. The molecule has 0 bridgehead atoms. The van der Waals surface area contributed by atoms with Crippen LogP contribution in [0.2, 0.25) is 5.02 Å². The van der Waals surface area contributed by atoms with Gasteiger partial charge in [0.1, 0.15) is 11.6 Å². The number of halogens is 1. The van der Waals surface area contributed by atoms with Crippen molar-refractivity contribution in [2.75, 3.05) is 0 Å². The van der Waals surface area contributed by atoms with Crippen molar-refractivity contribution < 1.29 is 5.11 Å². The monoisotopic (exact) mass is 258 g/mol. The van der Waals surface area contributed by atoms with Gasteiger partial charge in [0.25, 0.3) is 0 Å². The van der Waals surface area contributed by atoms with Crippen molar-refractivity contribution in [3.05, 3.63) is 47.5 Å². The number of rotatable bonds is 1. The summed E-state index contributed by atoms with van der Waals surface area (Å²) in [6.07, 6.45) is 0. The number of aromatic hydroxyl groups is 1. The molecule has 0 saturated carbocycles. The van der Waals surface area contributed by atoms with Crippen LogP contribution in [0.5, 0.6) is 5.75 Å². The van der Waals surface area contributed by atoms with Crippen molar-refractivity contribution in [1.29, 1.82) is 0 Å². The number of benzene rings is 2. The first-order chi connectivity index (χ1) is 8.66. The Labute approximate surface area is 109 Å². The molecule has 0 spiro atoms. The summed E-state index contributed by atoms with van der Waals surface area (Å²) in [7, 11) is 1.92.